The van der Waals surface area contributed by atoms with E-state index in [1.54, 1.807) is 0 Å². The van der Waals surface area contributed by atoms with Crippen molar-refractivity contribution in [1.82, 2.24) is 20.1 Å². The molecular formula is C59H107I4N8NaO29S5. The maximum absolute atomic E-state index is 11.0. The van der Waals surface area contributed by atoms with Crippen molar-refractivity contribution in [3.05, 3.63) is 88.0 Å². The third-order valence-electron chi connectivity index (χ3n) is 12.0. The van der Waals surface area contributed by atoms with Crippen molar-refractivity contribution < 1.29 is 166 Å². The van der Waals surface area contributed by atoms with Crippen molar-refractivity contribution >= 4 is 153 Å². The zero-order valence-corrected chi connectivity index (χ0v) is 76.2. The third kappa shape index (κ3) is 89.4. The van der Waals surface area contributed by atoms with E-state index in [0.29, 0.717) is 102 Å². The second-order valence-electron chi connectivity index (χ2n) is 21.7. The van der Waals surface area contributed by atoms with Gasteiger partial charge < -0.3 is 63.0 Å². The molecule has 2 amide bonds. The van der Waals surface area contributed by atoms with Gasteiger partial charge in [0.05, 0.1) is 123 Å². The minimum Gasteiger partial charge on any atom is -1.00 e. The molecule has 0 heterocycles. The molecule has 0 aliphatic heterocycles. The quantitative estimate of drug-likeness (QED) is 0.0137. The van der Waals surface area contributed by atoms with Gasteiger partial charge in [0.1, 0.15) is 0 Å². The second-order valence-corrected chi connectivity index (χ2v) is 33.6. The van der Waals surface area contributed by atoms with Crippen molar-refractivity contribution in [3.8, 4) is 0 Å². The zero-order chi connectivity index (χ0) is 79.7. The molecule has 0 saturated heterocycles. The van der Waals surface area contributed by atoms with Gasteiger partial charge in [-0.1, -0.05) is 80.6 Å². The second kappa shape index (κ2) is 73.4. The summed E-state index contributed by atoms with van der Waals surface area (Å²) < 4.78 is 159. The Bertz CT molecular complexity index is 3220. The first-order valence-corrected chi connectivity index (χ1v) is 46.4. The van der Waals surface area contributed by atoms with Crippen LogP contribution in [0.25, 0.3) is 0 Å². The standard InChI is InChI=1S/C14H20N2O8S.C13H17IN2O5.C9H19NO5S.C8H16INO2.C8H19NO6S2.C7H16INO3S.HI.Na/c1-25(21,22)24-10-9-23-8-4-2-3-5-12-6-7-13(15(17)18)11-14(12)16(19)20;14-7-9-21-8-3-1-2-4-11-5-6-12(15(17)18)10-13(11)16(19)20;1-9(11)10-5-3-4-6-14-7-8-15-16(2,12)13;1-8(11)10-5-2-3-6-12-7-4-9;1-16(10,11)9-5-3-4-6-14-7-8-15-17(2,12)13;1-13(10,11)9-5-2-3-6-12-7-4-8;;/h6-7,11H,2-5,8-10H2,1H3;5-6,10H,1-4,7-9H2;3-8H2,1-2H3,(H,10,11);2-7H2,1H3,(H,10,11);9H,3-8H2,1-2H3;9H,2-7H2,1H3;1H;/q;;;;;;;+1/p-1. The number of aryl methyl sites for hydroxylation is 2. The molecule has 0 aromatic heterocycles. The summed E-state index contributed by atoms with van der Waals surface area (Å²) in [6.45, 7) is 11.9. The first-order valence-electron chi connectivity index (χ1n) is 32.6. The number of nitrogens with zero attached hydrogens (tertiary/aromatic N) is 4. The zero-order valence-electron chi connectivity index (χ0n) is 61.5. The van der Waals surface area contributed by atoms with Gasteiger partial charge in [0.2, 0.25) is 31.9 Å². The van der Waals surface area contributed by atoms with Gasteiger partial charge in [-0.3, -0.25) is 62.6 Å². The predicted molar refractivity (Wildman–Crippen MR) is 419 cm³/mol. The Morgan fingerprint density at radius 3 is 0.849 bits per heavy atom. The number of nitro groups is 4. The fourth-order valence-corrected chi connectivity index (χ4v) is 10.4. The number of nitrogens with one attached hydrogen (secondary N) is 4. The predicted octanol–water partition coefficient (Wildman–Crippen LogP) is 1.21. The first kappa shape index (κ1) is 115. The van der Waals surface area contributed by atoms with Gasteiger partial charge in [-0.05, 0) is 102 Å². The van der Waals surface area contributed by atoms with E-state index in [2.05, 4.69) is 100 Å². The van der Waals surface area contributed by atoms with Crippen LogP contribution in [0.2, 0.25) is 0 Å². The summed E-state index contributed by atoms with van der Waals surface area (Å²) in [6.07, 6.45) is 17.7. The monoisotopic (exact) mass is 2080 g/mol. The number of hydrogen-bond acceptors (Lipinski definition) is 29. The molecule has 47 heteroatoms. The fourth-order valence-electron chi connectivity index (χ4n) is 7.36. The van der Waals surface area contributed by atoms with Crippen LogP contribution in [0.15, 0.2) is 36.4 Å². The molecule has 0 atom stereocenters. The Balaban J connectivity index is -0.000000287. The van der Waals surface area contributed by atoms with Crippen LogP contribution >= 0.6 is 67.8 Å². The van der Waals surface area contributed by atoms with Crippen LogP contribution in [-0.2, 0) is 114 Å². The number of hydrogen-bond donors (Lipinski definition) is 4. The largest absolute Gasteiger partial charge is 1.00 e. The van der Waals surface area contributed by atoms with Crippen LogP contribution in [0.3, 0.4) is 0 Å². The molecule has 106 heavy (non-hydrogen) atoms. The van der Waals surface area contributed by atoms with Gasteiger partial charge in [-0.2, -0.15) is 25.3 Å². The summed E-state index contributed by atoms with van der Waals surface area (Å²) >= 11 is 6.78. The molecule has 0 fully saturated rings. The third-order valence-corrected chi connectivity index (χ3v) is 16.6. The maximum atomic E-state index is 11.0. The normalized spacial score (nSPS) is 11.1. The minimum absolute atomic E-state index is 0. The van der Waals surface area contributed by atoms with Gasteiger partial charge >= 0.3 is 29.6 Å². The number of ether oxygens (including phenoxy) is 6. The van der Waals surface area contributed by atoms with Crippen LogP contribution in [0.4, 0.5) is 22.7 Å². The number of carbonyl (C=O) groups excluding carboxylic acids is 2. The number of alkyl halides is 3. The van der Waals surface area contributed by atoms with Gasteiger partial charge in [0, 0.05) is 116 Å². The number of sulfonamides is 2. The number of non-ortho nitro benzene ring substituents is 2. The molecule has 0 aliphatic carbocycles. The molecule has 2 rings (SSSR count). The smallest absolute Gasteiger partial charge is 1.00 e. The van der Waals surface area contributed by atoms with Gasteiger partial charge in [-0.25, -0.2) is 26.3 Å². The van der Waals surface area contributed by atoms with Crippen molar-refractivity contribution in [2.24, 2.45) is 0 Å². The summed E-state index contributed by atoms with van der Waals surface area (Å²) in [6, 6.07) is 7.45. The SMILES string of the molecule is CC(=O)NCCCCOCCI.CC(=O)NCCCCOCCOS(C)(=O)=O.CS(=O)(=O)NCCCCOCCI.CS(=O)(=O)NCCCCOCCOS(C)(=O)=O.CS(=O)(=O)OCCOCCCCCc1ccc([N+](=O)[O-])cc1[N+](=O)[O-].O=[N+]([O-])c1ccc(CCCCCOCCI)c([N+](=O)[O-])c1.[I-].[Na+]. The Morgan fingerprint density at radius 1 is 0.368 bits per heavy atom. The summed E-state index contributed by atoms with van der Waals surface area (Å²) in [4.78, 5) is 61.8. The molecule has 37 nitrogen and oxygen atoms in total. The maximum Gasteiger partial charge on any atom is 1.00 e. The van der Waals surface area contributed by atoms with E-state index in [0.717, 1.165) is 148 Å². The number of unbranched alkanes of at least 4 members (excludes halogenated alkanes) is 8. The summed E-state index contributed by atoms with van der Waals surface area (Å²) in [5.41, 5.74) is 0.0170. The van der Waals surface area contributed by atoms with Crippen LogP contribution in [0, 0.1) is 40.5 Å². The molecule has 2 aromatic rings. The molecule has 0 radical (unpaired) electrons. The average Bonchev–Trinajstić information content (AvgIpc) is 0.848. The van der Waals surface area contributed by atoms with E-state index in [1.165, 1.54) is 44.4 Å². The fraction of sp³-hybridized carbons (Fsp3) is 0.763. The van der Waals surface area contributed by atoms with E-state index in [4.69, 9.17) is 28.4 Å². The van der Waals surface area contributed by atoms with E-state index < -0.39 is 70.1 Å². The molecule has 616 valence electrons. The van der Waals surface area contributed by atoms with Crippen molar-refractivity contribution in [3.63, 3.8) is 0 Å². The molecule has 2 aromatic carbocycles. The first-order chi connectivity index (χ1) is 48.7. The molecule has 0 saturated carbocycles. The van der Waals surface area contributed by atoms with E-state index >= 15 is 0 Å². The van der Waals surface area contributed by atoms with E-state index in [1.807, 2.05) is 0 Å². The number of amides is 2. The molecule has 4 N–H and O–H groups in total. The number of carbonyl (C=O) groups is 2. The average molecular weight is 2080 g/mol. The van der Waals surface area contributed by atoms with Crippen LogP contribution in [-0.4, -0.2) is 243 Å². The summed E-state index contributed by atoms with van der Waals surface area (Å²) in [5, 5.41) is 48.7. The van der Waals surface area contributed by atoms with Gasteiger partial charge in [0.25, 0.3) is 53.1 Å². The number of halogens is 4. The molecule has 0 unspecified atom stereocenters. The summed E-state index contributed by atoms with van der Waals surface area (Å²) in [5.74, 6) is 0.00523. The van der Waals surface area contributed by atoms with Crippen molar-refractivity contribution in [1.29, 1.82) is 0 Å². The van der Waals surface area contributed by atoms with Crippen molar-refractivity contribution in [2.45, 2.75) is 117 Å². The van der Waals surface area contributed by atoms with Crippen molar-refractivity contribution in [2.75, 3.05) is 170 Å². The Labute approximate surface area is 705 Å². The number of benzene rings is 2. The van der Waals surface area contributed by atoms with Crippen LogP contribution in [0.1, 0.15) is 115 Å². The van der Waals surface area contributed by atoms with Gasteiger partial charge in [-0.15, -0.1) is 0 Å². The minimum atomic E-state index is -3.45. The molecule has 0 aliphatic rings. The van der Waals surface area contributed by atoms with Crippen LogP contribution < -0.4 is 73.6 Å². The van der Waals surface area contributed by atoms with Gasteiger partial charge in [0.15, 0.2) is 0 Å². The topological polar surface area (TPSA) is 509 Å². The van der Waals surface area contributed by atoms with E-state index in [9.17, 15) is 92.1 Å². The Hall–Kier alpha value is -1.79. The van der Waals surface area contributed by atoms with E-state index in [-0.39, 0.29) is 128 Å². The Kier molecular flexibility index (Phi) is 79.7. The van der Waals surface area contributed by atoms with Crippen LogP contribution in [0.5, 0.6) is 0 Å². The molecular weight excluding hydrogens is 1980 g/mol. The molecule has 0 spiro atoms. The summed E-state index contributed by atoms with van der Waals surface area (Å²) in [7, 11) is -16.3. The number of nitro benzene ring substituents is 4. The molecule has 0 bridgehead atoms. The number of rotatable bonds is 56. The Morgan fingerprint density at radius 2 is 0.623 bits per heavy atom.